The minimum atomic E-state index is 0.0141. The summed E-state index contributed by atoms with van der Waals surface area (Å²) in [6.45, 7) is 0.736. The number of nitrogens with one attached hydrogen (secondary N) is 1. The zero-order valence-corrected chi connectivity index (χ0v) is 18.7. The molecule has 4 aromatic rings. The van der Waals surface area contributed by atoms with Crippen molar-refractivity contribution in [2.75, 3.05) is 12.4 Å². The van der Waals surface area contributed by atoms with Crippen LogP contribution in [0.25, 0.3) is 0 Å². The smallest absolute Gasteiger partial charge is 0.119 e. The lowest BCUT2D eigenvalue weighted by Gasteiger charge is -2.20. The lowest BCUT2D eigenvalue weighted by molar-refractivity contribution is 0.170. The first kappa shape index (κ1) is 21.8. The number of hydrogen-bond donors (Lipinski definition) is 1. The van der Waals surface area contributed by atoms with Crippen molar-refractivity contribution in [3.05, 3.63) is 102 Å². The molecule has 3 aromatic carbocycles. The van der Waals surface area contributed by atoms with Gasteiger partial charge in [-0.3, -0.25) is 0 Å². The molecule has 32 heavy (non-hydrogen) atoms. The fraction of sp³-hybridized carbons (Fsp3) is 0.192. The molecule has 1 unspecified atom stereocenters. The zero-order valence-electron chi connectivity index (χ0n) is 17.9. The number of ether oxygens (including phenoxy) is 2. The van der Waals surface area contributed by atoms with Gasteiger partial charge in [-0.15, -0.1) is 0 Å². The van der Waals surface area contributed by atoms with Crippen molar-refractivity contribution in [2.24, 2.45) is 0 Å². The molecule has 0 fully saturated rings. The Morgan fingerprint density at radius 3 is 2.16 bits per heavy atom. The second-order valence-corrected chi connectivity index (χ2v) is 7.98. The summed E-state index contributed by atoms with van der Waals surface area (Å²) < 4.78 is 13.6. The Bertz CT molecular complexity index is 1080. The summed E-state index contributed by atoms with van der Waals surface area (Å²) in [4.78, 5) is 4.15. The molecule has 0 amide bonds. The quantitative estimate of drug-likeness (QED) is 0.307. The van der Waals surface area contributed by atoms with Crippen molar-refractivity contribution in [1.29, 1.82) is 0 Å². The largest absolute Gasteiger partial charge is 0.497 e. The summed E-state index contributed by atoms with van der Waals surface area (Å²) >= 11 is 6.01. The molecule has 5 nitrogen and oxygen atoms in total. The highest BCUT2D eigenvalue weighted by Gasteiger charge is 2.12. The van der Waals surface area contributed by atoms with E-state index in [1.807, 2.05) is 77.8 Å². The summed E-state index contributed by atoms with van der Waals surface area (Å²) in [5, 5.41) is 4.14. The average Bonchev–Trinajstić information content (AvgIpc) is 3.33. The highest BCUT2D eigenvalue weighted by Crippen LogP contribution is 2.23. The Morgan fingerprint density at radius 2 is 1.56 bits per heavy atom. The van der Waals surface area contributed by atoms with Crippen molar-refractivity contribution in [1.82, 2.24) is 9.55 Å². The second-order valence-electron chi connectivity index (χ2n) is 7.54. The molecule has 1 heterocycles. The van der Waals surface area contributed by atoms with Crippen LogP contribution in [-0.2, 0) is 13.0 Å². The number of imidazole rings is 1. The van der Waals surface area contributed by atoms with E-state index >= 15 is 0 Å². The predicted octanol–water partition coefficient (Wildman–Crippen LogP) is 6.37. The number of aryl methyl sites for hydroxylation is 1. The van der Waals surface area contributed by atoms with Crippen LogP contribution in [-0.4, -0.2) is 22.8 Å². The number of hydrogen-bond acceptors (Lipinski definition) is 4. The van der Waals surface area contributed by atoms with Gasteiger partial charge >= 0.3 is 0 Å². The second kappa shape index (κ2) is 10.7. The van der Waals surface area contributed by atoms with Gasteiger partial charge in [-0.05, 0) is 79.1 Å². The predicted molar refractivity (Wildman–Crippen MR) is 129 cm³/mol. The maximum atomic E-state index is 6.35. The van der Waals surface area contributed by atoms with E-state index in [0.29, 0.717) is 0 Å². The van der Waals surface area contributed by atoms with Crippen molar-refractivity contribution >= 4 is 23.0 Å². The summed E-state index contributed by atoms with van der Waals surface area (Å²) in [6.07, 6.45) is 7.37. The minimum Gasteiger partial charge on any atom is -0.497 e. The SMILES string of the molecule is COc1ccc(Nc2ccc(OC(CCc3ccc(Cl)cc3)Cn3ccnc3)cc2)cc1. The number of benzene rings is 3. The zero-order chi connectivity index (χ0) is 22.2. The Hall–Kier alpha value is -3.44. The van der Waals surface area contributed by atoms with Gasteiger partial charge in [0.1, 0.15) is 17.6 Å². The molecule has 6 heteroatoms. The highest BCUT2D eigenvalue weighted by atomic mass is 35.5. The third-order valence-electron chi connectivity index (χ3n) is 5.18. The van der Waals surface area contributed by atoms with Crippen molar-refractivity contribution in [3.63, 3.8) is 0 Å². The van der Waals surface area contributed by atoms with Crippen LogP contribution in [0.5, 0.6) is 11.5 Å². The van der Waals surface area contributed by atoms with Gasteiger partial charge in [0, 0.05) is 28.8 Å². The van der Waals surface area contributed by atoms with E-state index in [1.165, 1.54) is 5.56 Å². The molecule has 4 rings (SSSR count). The summed E-state index contributed by atoms with van der Waals surface area (Å²) in [5.41, 5.74) is 3.24. The van der Waals surface area contributed by atoms with Crippen molar-refractivity contribution < 1.29 is 9.47 Å². The molecule has 0 saturated carbocycles. The van der Waals surface area contributed by atoms with Crippen LogP contribution in [0.4, 0.5) is 11.4 Å². The first-order chi connectivity index (χ1) is 15.7. The van der Waals surface area contributed by atoms with Crippen LogP contribution in [0.3, 0.4) is 0 Å². The molecule has 1 N–H and O–H groups in total. The molecule has 0 aliphatic heterocycles. The van der Waals surface area contributed by atoms with Crippen LogP contribution in [0, 0.1) is 0 Å². The lowest BCUT2D eigenvalue weighted by Crippen LogP contribution is -2.23. The number of anilines is 2. The molecule has 0 saturated heterocycles. The molecular formula is C26H26ClN3O2. The third kappa shape index (κ3) is 6.28. The molecule has 0 spiro atoms. The molecule has 1 aromatic heterocycles. The molecule has 0 bridgehead atoms. The van der Waals surface area contributed by atoms with Gasteiger partial charge in [0.25, 0.3) is 0 Å². The first-order valence-corrected chi connectivity index (χ1v) is 10.9. The minimum absolute atomic E-state index is 0.0141. The van der Waals surface area contributed by atoms with E-state index in [4.69, 9.17) is 21.1 Å². The van der Waals surface area contributed by atoms with Crippen LogP contribution < -0.4 is 14.8 Å². The fourth-order valence-electron chi connectivity index (χ4n) is 3.45. The van der Waals surface area contributed by atoms with Crippen molar-refractivity contribution in [2.45, 2.75) is 25.5 Å². The lowest BCUT2D eigenvalue weighted by atomic mass is 10.1. The van der Waals surface area contributed by atoms with Gasteiger partial charge in [-0.25, -0.2) is 4.98 Å². The highest BCUT2D eigenvalue weighted by molar-refractivity contribution is 6.30. The van der Waals surface area contributed by atoms with E-state index in [1.54, 1.807) is 13.3 Å². The molecular weight excluding hydrogens is 422 g/mol. The number of methoxy groups -OCH3 is 1. The van der Waals surface area contributed by atoms with E-state index in [0.717, 1.165) is 47.3 Å². The number of halogens is 1. The van der Waals surface area contributed by atoms with Gasteiger partial charge in [-0.1, -0.05) is 23.7 Å². The van der Waals surface area contributed by atoms with Crippen molar-refractivity contribution in [3.8, 4) is 11.5 Å². The number of aromatic nitrogens is 2. The molecule has 0 radical (unpaired) electrons. The topological polar surface area (TPSA) is 48.3 Å². The fourth-order valence-corrected chi connectivity index (χ4v) is 3.57. The van der Waals surface area contributed by atoms with Crippen LogP contribution in [0.15, 0.2) is 91.5 Å². The van der Waals surface area contributed by atoms with Gasteiger partial charge in [0.15, 0.2) is 0 Å². The maximum Gasteiger partial charge on any atom is 0.119 e. The van der Waals surface area contributed by atoms with Gasteiger partial charge in [-0.2, -0.15) is 0 Å². The maximum absolute atomic E-state index is 6.35. The van der Waals surface area contributed by atoms with Crippen LogP contribution in [0.1, 0.15) is 12.0 Å². The third-order valence-corrected chi connectivity index (χ3v) is 5.43. The molecule has 0 aliphatic carbocycles. The van der Waals surface area contributed by atoms with Gasteiger partial charge in [0.05, 0.1) is 20.0 Å². The Morgan fingerprint density at radius 1 is 0.906 bits per heavy atom. The Balaban J connectivity index is 1.39. The van der Waals surface area contributed by atoms with Crippen LogP contribution in [0.2, 0.25) is 5.02 Å². The molecule has 164 valence electrons. The van der Waals surface area contributed by atoms with E-state index in [-0.39, 0.29) is 6.10 Å². The normalized spacial score (nSPS) is 11.7. The molecule has 1 atom stereocenters. The van der Waals surface area contributed by atoms with E-state index in [2.05, 4.69) is 22.4 Å². The monoisotopic (exact) mass is 447 g/mol. The van der Waals surface area contributed by atoms with Gasteiger partial charge in [0.2, 0.25) is 0 Å². The van der Waals surface area contributed by atoms with Crippen LogP contribution >= 0.6 is 11.6 Å². The Kier molecular flexibility index (Phi) is 7.31. The van der Waals surface area contributed by atoms with E-state index < -0.39 is 0 Å². The van der Waals surface area contributed by atoms with Gasteiger partial charge < -0.3 is 19.4 Å². The number of nitrogens with zero attached hydrogens (tertiary/aromatic N) is 2. The standard InChI is InChI=1S/C26H26ClN3O2/c1-31-24-12-7-22(8-13-24)29-23-9-14-25(15-10-23)32-26(18-30-17-16-28-19-30)11-4-20-2-5-21(27)6-3-20/h2-3,5-10,12-17,19,26,29H,4,11,18H2,1H3. The summed E-state index contributed by atoms with van der Waals surface area (Å²) in [5.74, 6) is 1.67. The Labute approximate surface area is 193 Å². The van der Waals surface area contributed by atoms with E-state index in [9.17, 15) is 0 Å². The number of rotatable bonds is 10. The summed E-state index contributed by atoms with van der Waals surface area (Å²) in [6, 6.07) is 23.9. The first-order valence-electron chi connectivity index (χ1n) is 10.6. The average molecular weight is 448 g/mol. The molecule has 0 aliphatic rings. The summed E-state index contributed by atoms with van der Waals surface area (Å²) in [7, 11) is 1.66.